The summed E-state index contributed by atoms with van der Waals surface area (Å²) in [4.78, 5) is 24.5. The van der Waals surface area contributed by atoms with E-state index in [9.17, 15) is 9.59 Å². The van der Waals surface area contributed by atoms with Crippen LogP contribution in [0.3, 0.4) is 0 Å². The molecule has 0 aromatic heterocycles. The van der Waals surface area contributed by atoms with Gasteiger partial charge in [0.25, 0.3) is 0 Å². The maximum absolute atomic E-state index is 12.9. The molecule has 24 heavy (non-hydrogen) atoms. The number of carbonyl (C=O) groups is 2. The van der Waals surface area contributed by atoms with Crippen LogP contribution in [0.4, 0.5) is 0 Å². The van der Waals surface area contributed by atoms with Gasteiger partial charge in [0.15, 0.2) is 0 Å². The van der Waals surface area contributed by atoms with Gasteiger partial charge >= 0.3 is 0 Å². The monoisotopic (exact) mass is 326 g/mol. The standard InChI is InChI=1S/C20H26N2O2/c21-18(23)14-8-2-4-10-17(14)22-19(24)16-12-20(16)11-5-7-13-6-1-3-9-15(13)20/h1,3,6,9,14,16-17H,2,4-5,7-8,10-12H2,(H2,21,23)(H,22,24)/t14-,16-,17+,20-/m1/s1. The lowest BCUT2D eigenvalue weighted by Gasteiger charge is -2.31. The first-order valence-corrected chi connectivity index (χ1v) is 9.30. The molecule has 3 aliphatic rings. The van der Waals surface area contributed by atoms with Crippen molar-refractivity contribution in [3.8, 4) is 0 Å². The molecule has 0 heterocycles. The molecule has 1 spiro atoms. The summed E-state index contributed by atoms with van der Waals surface area (Å²) >= 11 is 0. The molecule has 128 valence electrons. The zero-order valence-corrected chi connectivity index (χ0v) is 14.1. The molecule has 0 radical (unpaired) electrons. The van der Waals surface area contributed by atoms with Crippen LogP contribution in [-0.4, -0.2) is 17.9 Å². The fraction of sp³-hybridized carbons (Fsp3) is 0.600. The molecule has 2 amide bonds. The number of rotatable bonds is 3. The van der Waals surface area contributed by atoms with Crippen molar-refractivity contribution in [2.45, 2.75) is 62.8 Å². The predicted molar refractivity (Wildman–Crippen MR) is 92.2 cm³/mol. The van der Waals surface area contributed by atoms with Crippen LogP contribution in [0.1, 0.15) is 56.1 Å². The van der Waals surface area contributed by atoms with Crippen LogP contribution in [0, 0.1) is 11.8 Å². The summed E-state index contributed by atoms with van der Waals surface area (Å²) < 4.78 is 0. The largest absolute Gasteiger partial charge is 0.369 e. The van der Waals surface area contributed by atoms with Crippen molar-refractivity contribution in [2.24, 2.45) is 17.6 Å². The smallest absolute Gasteiger partial charge is 0.224 e. The van der Waals surface area contributed by atoms with Gasteiger partial charge in [0, 0.05) is 17.4 Å². The molecule has 0 bridgehead atoms. The van der Waals surface area contributed by atoms with Gasteiger partial charge in [-0.3, -0.25) is 9.59 Å². The summed E-state index contributed by atoms with van der Waals surface area (Å²) in [6.07, 6.45) is 8.10. The fourth-order valence-electron chi connectivity index (χ4n) is 5.10. The van der Waals surface area contributed by atoms with E-state index in [4.69, 9.17) is 5.73 Å². The molecule has 3 aliphatic carbocycles. The summed E-state index contributed by atoms with van der Waals surface area (Å²) in [5.41, 5.74) is 8.38. The Kier molecular flexibility index (Phi) is 3.86. The van der Waals surface area contributed by atoms with Gasteiger partial charge in [-0.1, -0.05) is 37.1 Å². The fourth-order valence-corrected chi connectivity index (χ4v) is 5.10. The number of nitrogens with one attached hydrogen (secondary N) is 1. The van der Waals surface area contributed by atoms with E-state index >= 15 is 0 Å². The summed E-state index contributed by atoms with van der Waals surface area (Å²) in [6.45, 7) is 0. The molecule has 3 N–H and O–H groups in total. The third-order valence-corrected chi connectivity index (χ3v) is 6.47. The molecule has 2 saturated carbocycles. The molecule has 1 aromatic rings. The van der Waals surface area contributed by atoms with Crippen LogP contribution in [-0.2, 0) is 21.4 Å². The SMILES string of the molecule is NC(=O)[C@@H]1CCCC[C@@H]1NC(=O)[C@H]1C[C@@]12CCCc1ccccc12. The van der Waals surface area contributed by atoms with E-state index < -0.39 is 0 Å². The van der Waals surface area contributed by atoms with Crippen LogP contribution in [0.2, 0.25) is 0 Å². The Labute approximate surface area is 143 Å². The number of aryl methyl sites for hydroxylation is 1. The van der Waals surface area contributed by atoms with Gasteiger partial charge in [-0.2, -0.15) is 0 Å². The number of amides is 2. The molecule has 4 rings (SSSR count). The lowest BCUT2D eigenvalue weighted by atomic mass is 9.78. The van der Waals surface area contributed by atoms with Gasteiger partial charge < -0.3 is 11.1 Å². The van der Waals surface area contributed by atoms with Gasteiger partial charge in [-0.15, -0.1) is 0 Å². The van der Waals surface area contributed by atoms with E-state index in [-0.39, 0.29) is 35.1 Å². The Bertz CT molecular complexity index is 671. The van der Waals surface area contributed by atoms with E-state index in [0.29, 0.717) is 0 Å². The topological polar surface area (TPSA) is 72.2 Å². The third-order valence-electron chi connectivity index (χ3n) is 6.47. The minimum Gasteiger partial charge on any atom is -0.369 e. The quantitative estimate of drug-likeness (QED) is 0.895. The van der Waals surface area contributed by atoms with E-state index in [0.717, 1.165) is 51.4 Å². The first-order valence-electron chi connectivity index (χ1n) is 9.30. The van der Waals surface area contributed by atoms with Crippen LogP contribution in [0.25, 0.3) is 0 Å². The predicted octanol–water partition coefficient (Wildman–Crippen LogP) is 2.44. The molecule has 0 aliphatic heterocycles. The Morgan fingerprint density at radius 2 is 1.92 bits per heavy atom. The summed E-state index contributed by atoms with van der Waals surface area (Å²) in [5, 5.41) is 3.17. The van der Waals surface area contributed by atoms with Gasteiger partial charge in [-0.05, 0) is 49.7 Å². The maximum Gasteiger partial charge on any atom is 0.224 e. The average molecular weight is 326 g/mol. The van der Waals surface area contributed by atoms with Gasteiger partial charge in [0.1, 0.15) is 0 Å². The van der Waals surface area contributed by atoms with Crippen molar-refractivity contribution in [1.29, 1.82) is 0 Å². The summed E-state index contributed by atoms with van der Waals surface area (Å²) in [7, 11) is 0. The van der Waals surface area contributed by atoms with Crippen LogP contribution >= 0.6 is 0 Å². The minimum absolute atomic E-state index is 0.0514. The molecular weight excluding hydrogens is 300 g/mol. The second-order valence-corrected chi connectivity index (χ2v) is 7.83. The molecule has 4 nitrogen and oxygen atoms in total. The van der Waals surface area contributed by atoms with Gasteiger partial charge in [0.05, 0.1) is 5.92 Å². The molecule has 0 saturated heterocycles. The Morgan fingerprint density at radius 3 is 2.75 bits per heavy atom. The molecule has 0 unspecified atom stereocenters. The Hall–Kier alpha value is -1.84. The lowest BCUT2D eigenvalue weighted by molar-refractivity contribution is -0.127. The van der Waals surface area contributed by atoms with Crippen molar-refractivity contribution in [3.63, 3.8) is 0 Å². The number of primary amides is 1. The normalized spacial score (nSPS) is 34.4. The number of hydrogen-bond acceptors (Lipinski definition) is 2. The number of fused-ring (bicyclic) bond motifs is 2. The number of hydrogen-bond donors (Lipinski definition) is 2. The van der Waals surface area contributed by atoms with Crippen molar-refractivity contribution >= 4 is 11.8 Å². The number of nitrogens with two attached hydrogens (primary N) is 1. The number of carbonyl (C=O) groups excluding carboxylic acids is 2. The second-order valence-electron chi connectivity index (χ2n) is 7.83. The molecule has 1 aromatic carbocycles. The van der Waals surface area contributed by atoms with Crippen molar-refractivity contribution in [2.75, 3.05) is 0 Å². The first kappa shape index (κ1) is 15.7. The second kappa shape index (κ2) is 5.91. The lowest BCUT2D eigenvalue weighted by Crippen LogP contribution is -2.48. The van der Waals surface area contributed by atoms with Crippen LogP contribution in [0.15, 0.2) is 24.3 Å². The summed E-state index contributed by atoms with van der Waals surface area (Å²) in [6, 6.07) is 8.51. The van der Waals surface area contributed by atoms with Crippen molar-refractivity contribution in [1.82, 2.24) is 5.32 Å². The molecule has 4 atom stereocenters. The Balaban J connectivity index is 1.49. The van der Waals surface area contributed by atoms with E-state index in [1.807, 2.05) is 0 Å². The number of benzene rings is 1. The zero-order valence-electron chi connectivity index (χ0n) is 14.1. The third kappa shape index (κ3) is 2.52. The van der Waals surface area contributed by atoms with Gasteiger partial charge in [0.2, 0.25) is 11.8 Å². The zero-order chi connectivity index (χ0) is 16.7. The van der Waals surface area contributed by atoms with E-state index in [2.05, 4.69) is 29.6 Å². The highest BCUT2D eigenvalue weighted by atomic mass is 16.2. The molecule has 4 heteroatoms. The minimum atomic E-state index is -0.270. The maximum atomic E-state index is 12.9. The van der Waals surface area contributed by atoms with Crippen molar-refractivity contribution in [3.05, 3.63) is 35.4 Å². The highest BCUT2D eigenvalue weighted by molar-refractivity contribution is 5.86. The van der Waals surface area contributed by atoms with E-state index in [1.54, 1.807) is 0 Å². The average Bonchev–Trinajstić information content (AvgIpc) is 3.30. The Morgan fingerprint density at radius 1 is 1.12 bits per heavy atom. The highest BCUT2D eigenvalue weighted by Gasteiger charge is 2.60. The molecular formula is C20H26N2O2. The first-order chi connectivity index (χ1) is 11.6. The van der Waals surface area contributed by atoms with Crippen LogP contribution in [0.5, 0.6) is 0 Å². The van der Waals surface area contributed by atoms with Gasteiger partial charge in [-0.25, -0.2) is 0 Å². The highest BCUT2D eigenvalue weighted by Crippen LogP contribution is 2.60. The summed E-state index contributed by atoms with van der Waals surface area (Å²) in [5.74, 6) is -0.274. The van der Waals surface area contributed by atoms with E-state index in [1.165, 1.54) is 11.1 Å². The van der Waals surface area contributed by atoms with Crippen molar-refractivity contribution < 1.29 is 9.59 Å². The van der Waals surface area contributed by atoms with Crippen LogP contribution < -0.4 is 11.1 Å². The molecule has 2 fully saturated rings.